The number of nitrogens with one attached hydrogen (secondary N) is 2. The third kappa shape index (κ3) is 3.38. The fourth-order valence-corrected chi connectivity index (χ4v) is 3.43. The molecule has 0 bridgehead atoms. The second kappa shape index (κ2) is 7.47. The first-order valence-electron chi connectivity index (χ1n) is 8.93. The summed E-state index contributed by atoms with van der Waals surface area (Å²) in [6, 6.07) is 9.07. The molecule has 0 unspecified atom stereocenters. The van der Waals surface area contributed by atoms with Crippen molar-refractivity contribution in [1.82, 2.24) is 30.1 Å². The highest BCUT2D eigenvalue weighted by Crippen LogP contribution is 2.28. The van der Waals surface area contributed by atoms with E-state index >= 15 is 0 Å². The first-order chi connectivity index (χ1) is 13.5. The zero-order valence-electron chi connectivity index (χ0n) is 15.3. The van der Waals surface area contributed by atoms with Gasteiger partial charge >= 0.3 is 6.03 Å². The third-order valence-electron chi connectivity index (χ3n) is 4.70. The van der Waals surface area contributed by atoms with Gasteiger partial charge < -0.3 is 20.1 Å². The Morgan fingerprint density at radius 2 is 2.18 bits per heavy atom. The molecular formula is C19H19ClN6O2. The average Bonchev–Trinajstić information content (AvgIpc) is 3.25. The number of benzene rings is 1. The lowest BCUT2D eigenvalue weighted by Gasteiger charge is -2.14. The highest BCUT2D eigenvalue weighted by molar-refractivity contribution is 6.33. The van der Waals surface area contributed by atoms with Crippen LogP contribution in [0.25, 0.3) is 22.6 Å². The van der Waals surface area contributed by atoms with E-state index in [1.54, 1.807) is 11.0 Å². The van der Waals surface area contributed by atoms with Crippen molar-refractivity contribution in [2.75, 3.05) is 26.2 Å². The van der Waals surface area contributed by atoms with Gasteiger partial charge in [0.25, 0.3) is 5.91 Å². The van der Waals surface area contributed by atoms with Crippen LogP contribution in [0.5, 0.6) is 0 Å². The Balaban J connectivity index is 1.52. The van der Waals surface area contributed by atoms with Gasteiger partial charge in [-0.1, -0.05) is 23.7 Å². The monoisotopic (exact) mass is 398 g/mol. The number of hydrogen-bond donors (Lipinski definition) is 2. The molecule has 0 atom stereocenters. The number of carbonyl (C=O) groups excluding carboxylic acids is 2. The number of imidazole rings is 1. The molecule has 1 aromatic carbocycles. The maximum absolute atomic E-state index is 12.4. The number of aryl methyl sites for hydroxylation is 1. The number of fused-ring (bicyclic) bond motifs is 1. The van der Waals surface area contributed by atoms with Crippen LogP contribution in [0, 0.1) is 0 Å². The summed E-state index contributed by atoms with van der Waals surface area (Å²) in [5, 5.41) is 6.15. The molecule has 28 heavy (non-hydrogen) atoms. The van der Waals surface area contributed by atoms with Crippen molar-refractivity contribution >= 4 is 34.7 Å². The molecule has 1 fully saturated rings. The lowest BCUT2D eigenvalue weighted by molar-refractivity contribution is 0.0950. The normalized spacial score (nSPS) is 13.8. The summed E-state index contributed by atoms with van der Waals surface area (Å²) in [6.07, 6.45) is 1.53. The summed E-state index contributed by atoms with van der Waals surface area (Å²) in [7, 11) is 1.86. The van der Waals surface area contributed by atoms with E-state index in [1.165, 1.54) is 6.20 Å². The van der Waals surface area contributed by atoms with Crippen LogP contribution < -0.4 is 10.6 Å². The van der Waals surface area contributed by atoms with Crippen LogP contribution in [0.3, 0.4) is 0 Å². The molecule has 1 aliphatic heterocycles. The molecule has 8 nitrogen and oxygen atoms in total. The second-order valence-electron chi connectivity index (χ2n) is 6.52. The second-order valence-corrected chi connectivity index (χ2v) is 6.92. The number of pyridine rings is 1. The molecule has 2 N–H and O–H groups in total. The highest BCUT2D eigenvalue weighted by atomic mass is 35.5. The molecule has 3 amide bonds. The number of hydrogen-bond acceptors (Lipinski definition) is 4. The predicted molar refractivity (Wildman–Crippen MR) is 106 cm³/mol. The highest BCUT2D eigenvalue weighted by Gasteiger charge is 2.19. The minimum atomic E-state index is -0.251. The zero-order chi connectivity index (χ0) is 19.7. The molecule has 144 valence electrons. The smallest absolute Gasteiger partial charge is 0.317 e. The Labute approximate surface area is 166 Å². The number of urea groups is 1. The summed E-state index contributed by atoms with van der Waals surface area (Å²) >= 11 is 6.29. The van der Waals surface area contributed by atoms with Crippen molar-refractivity contribution in [1.29, 1.82) is 0 Å². The van der Waals surface area contributed by atoms with Crippen LogP contribution >= 0.6 is 11.6 Å². The molecule has 1 aliphatic rings. The van der Waals surface area contributed by atoms with Gasteiger partial charge in [-0.05, 0) is 18.2 Å². The van der Waals surface area contributed by atoms with E-state index in [1.807, 2.05) is 35.9 Å². The van der Waals surface area contributed by atoms with E-state index in [0.29, 0.717) is 53.8 Å². The van der Waals surface area contributed by atoms with Gasteiger partial charge in [-0.3, -0.25) is 4.79 Å². The Bertz CT molecular complexity index is 1060. The Hall–Kier alpha value is -3.13. The van der Waals surface area contributed by atoms with Crippen LogP contribution in [0.15, 0.2) is 36.5 Å². The molecule has 0 radical (unpaired) electrons. The zero-order valence-corrected chi connectivity index (χ0v) is 16.0. The maximum atomic E-state index is 12.4. The fourth-order valence-electron chi connectivity index (χ4n) is 3.21. The van der Waals surface area contributed by atoms with Gasteiger partial charge in [-0.25, -0.2) is 14.8 Å². The molecule has 0 spiro atoms. The van der Waals surface area contributed by atoms with E-state index in [0.717, 1.165) is 5.56 Å². The van der Waals surface area contributed by atoms with Crippen LogP contribution in [-0.2, 0) is 7.05 Å². The molecule has 3 heterocycles. The average molecular weight is 399 g/mol. The van der Waals surface area contributed by atoms with Gasteiger partial charge in [-0.15, -0.1) is 0 Å². The van der Waals surface area contributed by atoms with Gasteiger partial charge in [0.15, 0.2) is 5.65 Å². The number of carbonyl (C=O) groups is 2. The van der Waals surface area contributed by atoms with Crippen LogP contribution in [0.1, 0.15) is 10.4 Å². The summed E-state index contributed by atoms with van der Waals surface area (Å²) in [5.41, 5.74) is 2.51. The number of halogens is 1. The number of nitrogens with zero attached hydrogens (tertiary/aromatic N) is 4. The maximum Gasteiger partial charge on any atom is 0.317 e. The summed E-state index contributed by atoms with van der Waals surface area (Å²) in [6.45, 7) is 2.13. The molecule has 0 aliphatic carbocycles. The van der Waals surface area contributed by atoms with E-state index < -0.39 is 0 Å². The van der Waals surface area contributed by atoms with Gasteiger partial charge in [0.05, 0.1) is 10.6 Å². The number of amides is 3. The third-order valence-corrected chi connectivity index (χ3v) is 5.03. The molecule has 1 saturated heterocycles. The number of aromatic nitrogens is 3. The van der Waals surface area contributed by atoms with Crippen molar-refractivity contribution in [3.8, 4) is 11.4 Å². The standard InChI is InChI=1S/C19H19ClN6O2/c1-25-16(13-4-2-3-5-14(13)20)24-15-10-12(11-23-17(15)25)18(27)21-6-8-26-9-7-22-19(26)28/h2-5,10-11H,6-9H2,1H3,(H,21,27)(H,22,28). The van der Waals surface area contributed by atoms with Crippen LogP contribution in [0.2, 0.25) is 5.02 Å². The quantitative estimate of drug-likeness (QED) is 0.688. The predicted octanol–water partition coefficient (Wildman–Crippen LogP) is 2.04. The van der Waals surface area contributed by atoms with Gasteiger partial charge in [0.1, 0.15) is 11.3 Å². The fraction of sp³-hybridized carbons (Fsp3) is 0.263. The Kier molecular flexibility index (Phi) is 4.87. The lowest BCUT2D eigenvalue weighted by Crippen LogP contribution is -2.36. The van der Waals surface area contributed by atoms with E-state index in [2.05, 4.69) is 20.6 Å². The molecule has 2 aromatic heterocycles. The summed E-state index contributed by atoms with van der Waals surface area (Å²) in [5.74, 6) is 0.435. The van der Waals surface area contributed by atoms with Crippen molar-refractivity contribution in [2.45, 2.75) is 0 Å². The molecular weight excluding hydrogens is 380 g/mol. The van der Waals surface area contributed by atoms with Gasteiger partial charge in [0.2, 0.25) is 0 Å². The molecule has 3 aromatic rings. The van der Waals surface area contributed by atoms with Crippen molar-refractivity contribution in [2.24, 2.45) is 7.05 Å². The SMILES string of the molecule is Cn1c(-c2ccccc2Cl)nc2cc(C(=O)NCCN3CCNC3=O)cnc21. The van der Waals surface area contributed by atoms with Gasteiger partial charge in [-0.2, -0.15) is 0 Å². The van der Waals surface area contributed by atoms with Crippen molar-refractivity contribution < 1.29 is 9.59 Å². The van der Waals surface area contributed by atoms with Crippen molar-refractivity contribution in [3.05, 3.63) is 47.1 Å². The van der Waals surface area contributed by atoms with Crippen LogP contribution in [-0.4, -0.2) is 57.6 Å². The first-order valence-corrected chi connectivity index (χ1v) is 9.31. The summed E-state index contributed by atoms with van der Waals surface area (Å²) in [4.78, 5) is 34.6. The van der Waals surface area contributed by atoms with E-state index in [4.69, 9.17) is 11.6 Å². The van der Waals surface area contributed by atoms with Gasteiger partial charge in [0, 0.05) is 45.0 Å². The molecule has 9 heteroatoms. The van der Waals surface area contributed by atoms with E-state index in [9.17, 15) is 9.59 Å². The Morgan fingerprint density at radius 3 is 2.93 bits per heavy atom. The Morgan fingerprint density at radius 1 is 1.36 bits per heavy atom. The summed E-state index contributed by atoms with van der Waals surface area (Å²) < 4.78 is 1.85. The minimum Gasteiger partial charge on any atom is -0.350 e. The first kappa shape index (κ1) is 18.2. The van der Waals surface area contributed by atoms with Crippen LogP contribution in [0.4, 0.5) is 4.79 Å². The largest absolute Gasteiger partial charge is 0.350 e. The molecule has 0 saturated carbocycles. The minimum absolute atomic E-state index is 0.0991. The molecule has 4 rings (SSSR count). The van der Waals surface area contributed by atoms with E-state index in [-0.39, 0.29) is 11.9 Å². The van der Waals surface area contributed by atoms with Crippen molar-refractivity contribution in [3.63, 3.8) is 0 Å². The lowest BCUT2D eigenvalue weighted by atomic mass is 10.2. The number of rotatable bonds is 5. The topological polar surface area (TPSA) is 92.2 Å².